The predicted molar refractivity (Wildman–Crippen MR) is 58.2 cm³/mol. The number of nitrogens with two attached hydrogens (primary N) is 1. The van der Waals surface area contributed by atoms with E-state index in [9.17, 15) is 0 Å². The maximum Gasteiger partial charge on any atom is 0.124 e. The summed E-state index contributed by atoms with van der Waals surface area (Å²) in [6, 6.07) is 3.92. The van der Waals surface area contributed by atoms with Crippen LogP contribution in [0.4, 0.5) is 5.69 Å². The number of benzene rings is 1. The molecule has 0 saturated carbocycles. The molecule has 0 aliphatic carbocycles. The van der Waals surface area contributed by atoms with Crippen molar-refractivity contribution in [3.8, 4) is 5.75 Å². The number of hydrogen-bond acceptors (Lipinski definition) is 2. The van der Waals surface area contributed by atoms with Crippen LogP contribution in [-0.2, 0) is 0 Å². The Kier molecular flexibility index (Phi) is 4.97. The average Bonchev–Trinajstić information content (AvgIpc) is 2.14. The first-order valence-electron chi connectivity index (χ1n) is 4.56. The van der Waals surface area contributed by atoms with Gasteiger partial charge < -0.3 is 10.5 Å². The van der Waals surface area contributed by atoms with Crippen molar-refractivity contribution in [1.29, 1.82) is 0 Å². The van der Waals surface area contributed by atoms with Gasteiger partial charge in [0.1, 0.15) is 5.75 Å². The standard InChI is InChI=1S/C9H13NO.C2H6/c1-6-4-8(10)7(2)9(5-6)11-3;1-2/h4-5H,10H2,1-3H3;1-2H3. The minimum atomic E-state index is 0.793. The Morgan fingerprint density at radius 2 is 1.69 bits per heavy atom. The Balaban J connectivity index is 0.000000671. The highest BCUT2D eigenvalue weighted by molar-refractivity contribution is 5.55. The molecule has 13 heavy (non-hydrogen) atoms. The lowest BCUT2D eigenvalue weighted by molar-refractivity contribution is 0.411. The average molecular weight is 181 g/mol. The highest BCUT2D eigenvalue weighted by Gasteiger charge is 2.01. The molecule has 1 aromatic rings. The van der Waals surface area contributed by atoms with Gasteiger partial charge in [0.15, 0.2) is 0 Å². The van der Waals surface area contributed by atoms with Gasteiger partial charge >= 0.3 is 0 Å². The zero-order valence-electron chi connectivity index (χ0n) is 9.14. The Bertz CT molecular complexity index is 269. The van der Waals surface area contributed by atoms with E-state index < -0.39 is 0 Å². The second-order valence-corrected chi connectivity index (χ2v) is 2.68. The number of aryl methyl sites for hydroxylation is 1. The topological polar surface area (TPSA) is 35.2 Å². The fourth-order valence-corrected chi connectivity index (χ4v) is 1.06. The van der Waals surface area contributed by atoms with Crippen LogP contribution in [0.5, 0.6) is 5.75 Å². The van der Waals surface area contributed by atoms with Gasteiger partial charge in [-0.15, -0.1) is 0 Å². The molecular weight excluding hydrogens is 162 g/mol. The summed E-state index contributed by atoms with van der Waals surface area (Å²) in [6.45, 7) is 7.95. The molecule has 0 heterocycles. The molecule has 0 unspecified atom stereocenters. The summed E-state index contributed by atoms with van der Waals surface area (Å²) < 4.78 is 5.13. The first kappa shape index (κ1) is 11.8. The molecule has 2 nitrogen and oxygen atoms in total. The van der Waals surface area contributed by atoms with Crippen LogP contribution in [0.2, 0.25) is 0 Å². The molecule has 74 valence electrons. The van der Waals surface area contributed by atoms with Crippen LogP contribution in [0, 0.1) is 13.8 Å². The summed E-state index contributed by atoms with van der Waals surface area (Å²) in [5.41, 5.74) is 8.65. The van der Waals surface area contributed by atoms with E-state index in [1.807, 2.05) is 39.8 Å². The fourth-order valence-electron chi connectivity index (χ4n) is 1.06. The second kappa shape index (κ2) is 5.46. The van der Waals surface area contributed by atoms with Crippen molar-refractivity contribution in [2.45, 2.75) is 27.7 Å². The zero-order valence-corrected chi connectivity index (χ0v) is 9.14. The van der Waals surface area contributed by atoms with Crippen molar-refractivity contribution in [2.75, 3.05) is 12.8 Å². The molecule has 2 heteroatoms. The van der Waals surface area contributed by atoms with Gasteiger partial charge in [-0.1, -0.05) is 13.8 Å². The first-order valence-corrected chi connectivity index (χ1v) is 4.56. The summed E-state index contributed by atoms with van der Waals surface area (Å²) in [6.07, 6.45) is 0. The van der Waals surface area contributed by atoms with Gasteiger partial charge in [-0.25, -0.2) is 0 Å². The third-order valence-electron chi connectivity index (χ3n) is 1.76. The first-order chi connectivity index (χ1) is 6.15. The summed E-state index contributed by atoms with van der Waals surface area (Å²) in [7, 11) is 1.65. The normalized spacial score (nSPS) is 8.69. The third kappa shape index (κ3) is 2.98. The lowest BCUT2D eigenvalue weighted by atomic mass is 10.1. The van der Waals surface area contributed by atoms with Gasteiger partial charge in [0.25, 0.3) is 0 Å². The van der Waals surface area contributed by atoms with Crippen molar-refractivity contribution in [1.82, 2.24) is 0 Å². The zero-order chi connectivity index (χ0) is 10.4. The number of rotatable bonds is 1. The van der Waals surface area contributed by atoms with Crippen LogP contribution in [0.25, 0.3) is 0 Å². The van der Waals surface area contributed by atoms with Gasteiger partial charge in [-0.3, -0.25) is 0 Å². The lowest BCUT2D eigenvalue weighted by Crippen LogP contribution is -1.94. The minimum absolute atomic E-state index is 0.793. The molecule has 0 atom stereocenters. The van der Waals surface area contributed by atoms with E-state index in [4.69, 9.17) is 10.5 Å². The Morgan fingerprint density at radius 1 is 1.15 bits per heavy atom. The van der Waals surface area contributed by atoms with Crippen LogP contribution in [-0.4, -0.2) is 7.11 Å². The Hall–Kier alpha value is -1.18. The SMILES string of the molecule is CC.COc1cc(C)cc(N)c1C. The smallest absolute Gasteiger partial charge is 0.124 e. The lowest BCUT2D eigenvalue weighted by Gasteiger charge is -2.07. The molecule has 0 saturated heterocycles. The molecule has 0 aliphatic heterocycles. The molecule has 0 bridgehead atoms. The van der Waals surface area contributed by atoms with E-state index in [0.717, 1.165) is 22.6 Å². The van der Waals surface area contributed by atoms with Crippen molar-refractivity contribution in [3.63, 3.8) is 0 Å². The molecule has 0 aliphatic rings. The highest BCUT2D eigenvalue weighted by Crippen LogP contribution is 2.24. The summed E-state index contributed by atoms with van der Waals surface area (Å²) in [5.74, 6) is 0.863. The van der Waals surface area contributed by atoms with E-state index in [1.54, 1.807) is 7.11 Å². The molecule has 0 amide bonds. The van der Waals surface area contributed by atoms with E-state index in [2.05, 4.69) is 0 Å². The van der Waals surface area contributed by atoms with E-state index >= 15 is 0 Å². The monoisotopic (exact) mass is 181 g/mol. The maximum atomic E-state index is 5.72. The van der Waals surface area contributed by atoms with Gasteiger partial charge in [0.2, 0.25) is 0 Å². The van der Waals surface area contributed by atoms with Gasteiger partial charge in [0, 0.05) is 11.3 Å². The van der Waals surface area contributed by atoms with E-state index in [0.29, 0.717) is 0 Å². The van der Waals surface area contributed by atoms with Crippen molar-refractivity contribution in [2.24, 2.45) is 0 Å². The summed E-state index contributed by atoms with van der Waals surface area (Å²) >= 11 is 0. The van der Waals surface area contributed by atoms with E-state index in [1.165, 1.54) is 0 Å². The molecule has 0 fully saturated rings. The van der Waals surface area contributed by atoms with Crippen molar-refractivity contribution < 1.29 is 4.74 Å². The largest absolute Gasteiger partial charge is 0.496 e. The number of anilines is 1. The minimum Gasteiger partial charge on any atom is -0.496 e. The predicted octanol–water partition coefficient (Wildman–Crippen LogP) is 2.92. The quantitative estimate of drug-likeness (QED) is 0.676. The molecule has 1 rings (SSSR count). The highest BCUT2D eigenvalue weighted by atomic mass is 16.5. The third-order valence-corrected chi connectivity index (χ3v) is 1.76. The molecule has 2 N–H and O–H groups in total. The van der Waals surface area contributed by atoms with E-state index in [-0.39, 0.29) is 0 Å². The van der Waals surface area contributed by atoms with Crippen LogP contribution < -0.4 is 10.5 Å². The van der Waals surface area contributed by atoms with Gasteiger partial charge in [-0.05, 0) is 31.5 Å². The molecule has 1 aromatic carbocycles. The molecule has 0 aromatic heterocycles. The summed E-state index contributed by atoms with van der Waals surface area (Å²) in [4.78, 5) is 0. The second-order valence-electron chi connectivity index (χ2n) is 2.68. The number of methoxy groups -OCH3 is 1. The van der Waals surface area contributed by atoms with Crippen LogP contribution in [0.1, 0.15) is 25.0 Å². The molecular formula is C11H19NO. The van der Waals surface area contributed by atoms with Crippen LogP contribution in [0.3, 0.4) is 0 Å². The number of hydrogen-bond donors (Lipinski definition) is 1. The van der Waals surface area contributed by atoms with Crippen LogP contribution >= 0.6 is 0 Å². The maximum absolute atomic E-state index is 5.72. The Labute approximate surface area is 80.7 Å². The summed E-state index contributed by atoms with van der Waals surface area (Å²) in [5, 5.41) is 0. The Morgan fingerprint density at radius 3 is 2.15 bits per heavy atom. The van der Waals surface area contributed by atoms with Crippen LogP contribution in [0.15, 0.2) is 12.1 Å². The van der Waals surface area contributed by atoms with Crippen molar-refractivity contribution >= 4 is 5.69 Å². The number of nitrogen functional groups attached to an aromatic ring is 1. The van der Waals surface area contributed by atoms with Gasteiger partial charge in [-0.2, -0.15) is 0 Å². The fraction of sp³-hybridized carbons (Fsp3) is 0.455. The molecule has 0 spiro atoms. The molecule has 0 radical (unpaired) electrons. The van der Waals surface area contributed by atoms with Gasteiger partial charge in [0.05, 0.1) is 7.11 Å². The van der Waals surface area contributed by atoms with Crippen molar-refractivity contribution in [3.05, 3.63) is 23.3 Å². The number of ether oxygens (including phenoxy) is 1.